The normalized spacial score (nSPS) is 41.8. The van der Waals surface area contributed by atoms with E-state index >= 15 is 0 Å². The summed E-state index contributed by atoms with van der Waals surface area (Å²) in [5, 5.41) is 0. The topological polar surface area (TPSA) is 9.23 Å². The van der Waals surface area contributed by atoms with Crippen molar-refractivity contribution >= 4 is 0 Å². The monoisotopic (exact) mass is 208 g/mol. The number of hydrogen-bond acceptors (Lipinski definition) is 1. The van der Waals surface area contributed by atoms with Crippen LogP contribution in [-0.2, 0) is 4.74 Å². The van der Waals surface area contributed by atoms with Gasteiger partial charge in [-0.25, -0.2) is 0 Å². The van der Waals surface area contributed by atoms with E-state index in [0.717, 1.165) is 6.42 Å². The highest BCUT2D eigenvalue weighted by Crippen LogP contribution is 2.59. The zero-order chi connectivity index (χ0) is 11.3. The van der Waals surface area contributed by atoms with Gasteiger partial charge in [0, 0.05) is 5.41 Å². The van der Waals surface area contributed by atoms with E-state index in [1.54, 1.807) is 0 Å². The van der Waals surface area contributed by atoms with Gasteiger partial charge in [-0.05, 0) is 36.7 Å². The molecule has 2 unspecified atom stereocenters. The fourth-order valence-corrected chi connectivity index (χ4v) is 3.86. The minimum absolute atomic E-state index is 0.0747. The molecule has 1 aliphatic carbocycles. The summed E-state index contributed by atoms with van der Waals surface area (Å²) in [5.74, 6) is 0.660. The van der Waals surface area contributed by atoms with Crippen molar-refractivity contribution in [2.24, 2.45) is 16.7 Å². The smallest absolute Gasteiger partial charge is 0.117 e. The molecule has 1 heteroatoms. The summed E-state index contributed by atoms with van der Waals surface area (Å²) >= 11 is 0. The molecule has 86 valence electrons. The lowest BCUT2D eigenvalue weighted by Gasteiger charge is -2.48. The first kappa shape index (κ1) is 11.0. The first-order valence-electron chi connectivity index (χ1n) is 6.12. The average Bonchev–Trinajstić information content (AvgIpc) is 2.29. The first-order valence-corrected chi connectivity index (χ1v) is 6.12. The number of allylic oxidation sites excluding steroid dienone is 1. The quantitative estimate of drug-likeness (QED) is 0.581. The largest absolute Gasteiger partial charge is 0.494 e. The molecule has 0 N–H and O–H groups in total. The van der Waals surface area contributed by atoms with Gasteiger partial charge in [-0.3, -0.25) is 0 Å². The van der Waals surface area contributed by atoms with Crippen LogP contribution in [0.2, 0.25) is 0 Å². The summed E-state index contributed by atoms with van der Waals surface area (Å²) in [5.41, 5.74) is 0.780. The second kappa shape index (κ2) is 3.02. The van der Waals surface area contributed by atoms with Crippen LogP contribution >= 0.6 is 0 Å². The van der Waals surface area contributed by atoms with Crippen LogP contribution in [0.4, 0.5) is 0 Å². The van der Waals surface area contributed by atoms with Gasteiger partial charge in [0.05, 0.1) is 6.26 Å². The lowest BCUT2D eigenvalue weighted by atomic mass is 9.66. The van der Waals surface area contributed by atoms with Gasteiger partial charge in [0.2, 0.25) is 0 Å². The molecular weight excluding hydrogens is 184 g/mol. The second-order valence-electron chi connectivity index (χ2n) is 6.91. The third-order valence-corrected chi connectivity index (χ3v) is 4.54. The molecule has 1 heterocycles. The van der Waals surface area contributed by atoms with Crippen molar-refractivity contribution in [3.8, 4) is 0 Å². The maximum absolute atomic E-state index is 6.11. The van der Waals surface area contributed by atoms with Gasteiger partial charge in [-0.2, -0.15) is 0 Å². The van der Waals surface area contributed by atoms with Crippen molar-refractivity contribution < 1.29 is 4.74 Å². The van der Waals surface area contributed by atoms with Crippen molar-refractivity contribution in [1.29, 1.82) is 0 Å². The highest BCUT2D eigenvalue weighted by Gasteiger charge is 2.58. The minimum atomic E-state index is 0.0747. The molecular formula is C14H24O. The Morgan fingerprint density at radius 2 is 1.87 bits per heavy atom. The molecule has 15 heavy (non-hydrogen) atoms. The molecule has 1 saturated carbocycles. The summed E-state index contributed by atoms with van der Waals surface area (Å²) in [4.78, 5) is 0. The van der Waals surface area contributed by atoms with E-state index in [0.29, 0.717) is 11.3 Å². The summed E-state index contributed by atoms with van der Waals surface area (Å²) in [6, 6.07) is 0. The van der Waals surface area contributed by atoms with E-state index in [1.165, 1.54) is 12.8 Å². The molecule has 0 bridgehead atoms. The third kappa shape index (κ3) is 1.51. The van der Waals surface area contributed by atoms with Crippen LogP contribution < -0.4 is 0 Å². The predicted octanol–water partition coefficient (Wildman–Crippen LogP) is 4.14. The van der Waals surface area contributed by atoms with Gasteiger partial charge < -0.3 is 4.74 Å². The average molecular weight is 208 g/mol. The van der Waals surface area contributed by atoms with E-state index in [1.807, 2.05) is 6.26 Å². The van der Waals surface area contributed by atoms with Gasteiger partial charge in [0.15, 0.2) is 0 Å². The van der Waals surface area contributed by atoms with Crippen molar-refractivity contribution in [2.75, 3.05) is 0 Å². The summed E-state index contributed by atoms with van der Waals surface area (Å²) in [7, 11) is 0. The van der Waals surface area contributed by atoms with Gasteiger partial charge in [0.1, 0.15) is 5.60 Å². The Kier molecular flexibility index (Phi) is 2.22. The van der Waals surface area contributed by atoms with Gasteiger partial charge >= 0.3 is 0 Å². The maximum atomic E-state index is 6.11. The Labute approximate surface area is 93.9 Å². The van der Waals surface area contributed by atoms with E-state index in [2.05, 4.69) is 40.7 Å². The van der Waals surface area contributed by atoms with E-state index in [-0.39, 0.29) is 11.0 Å². The molecule has 1 aliphatic heterocycles. The van der Waals surface area contributed by atoms with E-state index < -0.39 is 0 Å². The molecule has 0 saturated heterocycles. The molecule has 1 fully saturated rings. The van der Waals surface area contributed by atoms with Gasteiger partial charge in [-0.15, -0.1) is 0 Å². The van der Waals surface area contributed by atoms with E-state index in [9.17, 15) is 0 Å². The number of rotatable bonds is 0. The lowest BCUT2D eigenvalue weighted by Crippen LogP contribution is -2.49. The molecule has 2 rings (SSSR count). The standard InChI is InChI=1S/C14H24O/c1-11-9-12(2,3)10-14(11)13(4,5)7-6-8-15-14/h6,8,11H,7,9-10H2,1-5H3. The van der Waals surface area contributed by atoms with E-state index in [4.69, 9.17) is 4.74 Å². The summed E-state index contributed by atoms with van der Waals surface area (Å²) < 4.78 is 6.11. The van der Waals surface area contributed by atoms with Crippen molar-refractivity contribution in [2.45, 2.75) is 59.5 Å². The second-order valence-corrected chi connectivity index (χ2v) is 6.91. The third-order valence-electron chi connectivity index (χ3n) is 4.54. The predicted molar refractivity (Wildman–Crippen MR) is 63.5 cm³/mol. The molecule has 1 spiro atoms. The van der Waals surface area contributed by atoms with Crippen LogP contribution in [0.25, 0.3) is 0 Å². The van der Waals surface area contributed by atoms with Gasteiger partial charge in [-0.1, -0.05) is 34.6 Å². The SMILES string of the molecule is CC1CC(C)(C)CC12OC=CCC2(C)C. The van der Waals surface area contributed by atoms with Crippen LogP contribution in [0.5, 0.6) is 0 Å². The molecule has 0 radical (unpaired) electrons. The number of hydrogen-bond donors (Lipinski definition) is 0. The van der Waals surface area contributed by atoms with Crippen molar-refractivity contribution in [3.63, 3.8) is 0 Å². The summed E-state index contributed by atoms with van der Waals surface area (Å²) in [6.07, 6.45) is 7.72. The lowest BCUT2D eigenvalue weighted by molar-refractivity contribution is -0.114. The fourth-order valence-electron chi connectivity index (χ4n) is 3.86. The molecule has 1 nitrogen and oxygen atoms in total. The van der Waals surface area contributed by atoms with Crippen LogP contribution in [-0.4, -0.2) is 5.60 Å². The molecule has 2 atom stereocenters. The Morgan fingerprint density at radius 1 is 1.20 bits per heavy atom. The van der Waals surface area contributed by atoms with Crippen molar-refractivity contribution in [3.05, 3.63) is 12.3 Å². The molecule has 0 aromatic heterocycles. The molecule has 0 aromatic carbocycles. The van der Waals surface area contributed by atoms with Gasteiger partial charge in [0.25, 0.3) is 0 Å². The highest BCUT2D eigenvalue weighted by molar-refractivity contribution is 5.12. The zero-order valence-corrected chi connectivity index (χ0v) is 10.8. The molecule has 0 amide bonds. The molecule has 2 aliphatic rings. The molecule has 0 aromatic rings. The Morgan fingerprint density at radius 3 is 2.33 bits per heavy atom. The Balaban J connectivity index is 2.37. The minimum Gasteiger partial charge on any atom is -0.494 e. The fraction of sp³-hybridized carbons (Fsp3) is 0.857. The first-order chi connectivity index (χ1) is 6.79. The number of ether oxygens (including phenoxy) is 1. The van der Waals surface area contributed by atoms with Crippen molar-refractivity contribution in [1.82, 2.24) is 0 Å². The van der Waals surface area contributed by atoms with Crippen LogP contribution in [0.15, 0.2) is 12.3 Å². The Hall–Kier alpha value is -0.460. The highest BCUT2D eigenvalue weighted by atomic mass is 16.5. The van der Waals surface area contributed by atoms with Crippen LogP contribution in [0.3, 0.4) is 0 Å². The zero-order valence-electron chi connectivity index (χ0n) is 10.8. The van der Waals surface area contributed by atoms with Crippen LogP contribution in [0.1, 0.15) is 53.9 Å². The van der Waals surface area contributed by atoms with Crippen LogP contribution in [0, 0.1) is 16.7 Å². The Bertz CT molecular complexity index is 288. The summed E-state index contributed by atoms with van der Waals surface area (Å²) in [6.45, 7) is 11.8. The maximum Gasteiger partial charge on any atom is 0.117 e.